The fraction of sp³-hybridized carbons (Fsp3) is 0.304. The molecule has 32 heavy (non-hydrogen) atoms. The summed E-state index contributed by atoms with van der Waals surface area (Å²) in [5.74, 6) is -0.159. The summed E-state index contributed by atoms with van der Waals surface area (Å²) in [5, 5.41) is 4.66. The molecule has 2 atom stereocenters. The quantitative estimate of drug-likeness (QED) is 0.635. The van der Waals surface area contributed by atoms with E-state index in [4.69, 9.17) is 0 Å². The molecule has 1 amide bonds. The third-order valence-electron chi connectivity index (χ3n) is 6.16. The molecule has 1 aromatic carbocycles. The highest BCUT2D eigenvalue weighted by molar-refractivity contribution is 7.89. The van der Waals surface area contributed by atoms with Crippen molar-refractivity contribution in [2.75, 3.05) is 18.4 Å². The molecule has 2 aliphatic heterocycles. The number of anilines is 1. The number of hydrogen-bond acceptors (Lipinski definition) is 5. The van der Waals surface area contributed by atoms with Gasteiger partial charge in [0.1, 0.15) is 0 Å². The number of hydrogen-bond donors (Lipinski definition) is 1. The van der Waals surface area contributed by atoms with Gasteiger partial charge in [-0.25, -0.2) is 8.42 Å². The van der Waals surface area contributed by atoms with Gasteiger partial charge in [0.15, 0.2) is 0 Å². The predicted octanol–water partition coefficient (Wildman–Crippen LogP) is 3.34. The Morgan fingerprint density at radius 2 is 1.84 bits per heavy atom. The molecule has 9 heteroatoms. The summed E-state index contributed by atoms with van der Waals surface area (Å²) in [7, 11) is -3.69. The first-order chi connectivity index (χ1) is 15.3. The van der Waals surface area contributed by atoms with Crippen LogP contribution in [0.1, 0.15) is 25.0 Å². The van der Waals surface area contributed by atoms with Gasteiger partial charge in [-0.05, 0) is 54.1 Å². The fourth-order valence-electron chi connectivity index (χ4n) is 4.87. The number of rotatable bonds is 4. The Kier molecular flexibility index (Phi) is 5.27. The van der Waals surface area contributed by atoms with Crippen LogP contribution in [0.3, 0.4) is 0 Å². The zero-order chi connectivity index (χ0) is 22.5. The van der Waals surface area contributed by atoms with E-state index in [1.165, 1.54) is 19.1 Å². The van der Waals surface area contributed by atoms with Crippen LogP contribution in [0.5, 0.6) is 0 Å². The Morgan fingerprint density at radius 3 is 2.53 bits per heavy atom. The monoisotopic (exact) mass is 469 g/mol. The number of nitrogens with one attached hydrogen (secondary N) is 1. The van der Waals surface area contributed by atoms with E-state index in [0.29, 0.717) is 25.3 Å². The molecule has 0 unspecified atom stereocenters. The number of aromatic nitrogens is 1. The molecule has 2 aliphatic rings. The minimum Gasteiger partial charge on any atom is -0.326 e. The molecule has 0 spiro atoms. The van der Waals surface area contributed by atoms with Crippen LogP contribution in [0.25, 0.3) is 10.4 Å². The van der Waals surface area contributed by atoms with Crippen LogP contribution in [0, 0.1) is 5.92 Å². The second-order valence-corrected chi connectivity index (χ2v) is 11.3. The second kappa shape index (κ2) is 7.99. The third-order valence-corrected chi connectivity index (χ3v) is 8.90. The van der Waals surface area contributed by atoms with E-state index >= 15 is 0 Å². The van der Waals surface area contributed by atoms with E-state index in [-0.39, 0.29) is 28.2 Å². The molecule has 0 aliphatic carbocycles. The van der Waals surface area contributed by atoms with Crippen molar-refractivity contribution in [1.29, 1.82) is 0 Å². The lowest BCUT2D eigenvalue weighted by molar-refractivity contribution is -0.114. The lowest BCUT2D eigenvalue weighted by Crippen LogP contribution is -2.49. The van der Waals surface area contributed by atoms with Gasteiger partial charge in [0.2, 0.25) is 15.9 Å². The van der Waals surface area contributed by atoms with E-state index < -0.39 is 10.0 Å². The minimum atomic E-state index is -3.69. The number of sulfonamides is 1. The number of thiophene rings is 1. The number of carbonyl (C=O) groups excluding carboxylic acids is 1. The topological polar surface area (TPSA) is 88.5 Å². The molecule has 5 rings (SSSR count). The van der Waals surface area contributed by atoms with Crippen LogP contribution in [0.2, 0.25) is 0 Å². The highest BCUT2D eigenvalue weighted by Crippen LogP contribution is 2.42. The van der Waals surface area contributed by atoms with E-state index in [9.17, 15) is 18.0 Å². The van der Waals surface area contributed by atoms with Gasteiger partial charge in [0, 0.05) is 60.4 Å². The van der Waals surface area contributed by atoms with Crippen LogP contribution in [-0.2, 0) is 21.4 Å². The molecular formula is C23H23N3O4S2. The number of benzene rings is 1. The lowest BCUT2D eigenvalue weighted by atomic mass is 9.82. The molecule has 7 nitrogen and oxygen atoms in total. The summed E-state index contributed by atoms with van der Waals surface area (Å²) < 4.78 is 30.2. The van der Waals surface area contributed by atoms with Crippen molar-refractivity contribution in [3.05, 3.63) is 70.0 Å². The molecule has 1 N–H and O–H groups in total. The molecule has 0 radical (unpaired) electrons. The summed E-state index contributed by atoms with van der Waals surface area (Å²) in [4.78, 5) is 25.1. The van der Waals surface area contributed by atoms with Gasteiger partial charge in [-0.2, -0.15) is 4.31 Å². The van der Waals surface area contributed by atoms with Crippen molar-refractivity contribution < 1.29 is 13.2 Å². The van der Waals surface area contributed by atoms with Crippen LogP contribution in [-0.4, -0.2) is 36.3 Å². The van der Waals surface area contributed by atoms with Gasteiger partial charge in [-0.3, -0.25) is 9.59 Å². The second-order valence-electron chi connectivity index (χ2n) is 8.38. The van der Waals surface area contributed by atoms with Crippen molar-refractivity contribution in [2.24, 2.45) is 5.92 Å². The van der Waals surface area contributed by atoms with Crippen LogP contribution in [0.15, 0.2) is 63.6 Å². The maximum atomic E-state index is 13.4. The molecular weight excluding hydrogens is 446 g/mol. The van der Waals surface area contributed by atoms with Gasteiger partial charge in [-0.15, -0.1) is 11.3 Å². The van der Waals surface area contributed by atoms with Gasteiger partial charge in [-0.1, -0.05) is 6.07 Å². The molecule has 166 valence electrons. The zero-order valence-electron chi connectivity index (χ0n) is 17.5. The third kappa shape index (κ3) is 3.70. The first-order valence-electron chi connectivity index (χ1n) is 10.5. The minimum absolute atomic E-state index is 0.0279. The normalized spacial score (nSPS) is 20.5. The average molecular weight is 470 g/mol. The summed E-state index contributed by atoms with van der Waals surface area (Å²) in [6, 6.07) is 13.8. The number of pyridine rings is 1. The Balaban J connectivity index is 1.49. The maximum Gasteiger partial charge on any atom is 0.250 e. The summed E-state index contributed by atoms with van der Waals surface area (Å²) in [5.41, 5.74) is 2.49. The zero-order valence-corrected chi connectivity index (χ0v) is 19.2. The Bertz CT molecular complexity index is 1330. The smallest absolute Gasteiger partial charge is 0.250 e. The lowest BCUT2D eigenvalue weighted by Gasteiger charge is -2.42. The predicted molar refractivity (Wildman–Crippen MR) is 124 cm³/mol. The summed E-state index contributed by atoms with van der Waals surface area (Å²) in [6.45, 7) is 2.66. The Labute approximate surface area is 190 Å². The Morgan fingerprint density at radius 1 is 1.06 bits per heavy atom. The average Bonchev–Trinajstić information content (AvgIpc) is 3.29. The van der Waals surface area contributed by atoms with E-state index in [2.05, 4.69) is 5.32 Å². The molecule has 2 aromatic heterocycles. The number of nitrogens with zero attached hydrogens (tertiary/aromatic N) is 2. The van der Waals surface area contributed by atoms with Gasteiger partial charge >= 0.3 is 0 Å². The molecule has 2 bridgehead atoms. The molecule has 1 saturated heterocycles. The molecule has 1 fully saturated rings. The standard InChI is InChI=1S/C23H23N3O4S2/c1-15(27)24-18-4-6-19(7-5-18)32(29,30)25-12-16-11-17(14-25)23-20(21-3-2-10-31-21)8-9-22(28)26(23)13-16/h2-10,16-17H,11-14H2,1H3,(H,24,27)/t16-,17-/m1/s1. The van der Waals surface area contributed by atoms with Crippen LogP contribution in [0.4, 0.5) is 5.69 Å². The largest absolute Gasteiger partial charge is 0.326 e. The van der Waals surface area contributed by atoms with E-state index in [1.54, 1.807) is 33.8 Å². The van der Waals surface area contributed by atoms with Gasteiger partial charge in [0.25, 0.3) is 5.56 Å². The number of carbonyl (C=O) groups is 1. The first-order valence-corrected chi connectivity index (χ1v) is 12.8. The molecule has 3 aromatic rings. The van der Waals surface area contributed by atoms with Crippen LogP contribution >= 0.6 is 11.3 Å². The van der Waals surface area contributed by atoms with Crippen molar-refractivity contribution >= 4 is 33.0 Å². The SMILES string of the molecule is CC(=O)Nc1ccc(S(=O)(=O)N2C[C@H]3C[C@H](C2)c2c(-c4cccs4)ccc(=O)n2C3)cc1. The first kappa shape index (κ1) is 21.1. The van der Waals surface area contributed by atoms with Gasteiger partial charge in [0.05, 0.1) is 4.90 Å². The highest BCUT2D eigenvalue weighted by atomic mass is 32.2. The summed E-state index contributed by atoms with van der Waals surface area (Å²) in [6.07, 6.45) is 0.870. The number of piperidine rings is 1. The van der Waals surface area contributed by atoms with Crippen molar-refractivity contribution in [3.63, 3.8) is 0 Å². The Hall–Kier alpha value is -2.75. The van der Waals surface area contributed by atoms with Crippen LogP contribution < -0.4 is 10.9 Å². The highest BCUT2D eigenvalue weighted by Gasteiger charge is 2.40. The number of amides is 1. The molecule has 0 saturated carbocycles. The van der Waals surface area contributed by atoms with Gasteiger partial charge < -0.3 is 9.88 Å². The summed E-state index contributed by atoms with van der Waals surface area (Å²) >= 11 is 1.62. The van der Waals surface area contributed by atoms with Crippen molar-refractivity contribution in [3.8, 4) is 10.4 Å². The number of fused-ring (bicyclic) bond motifs is 4. The van der Waals surface area contributed by atoms with E-state index in [0.717, 1.165) is 22.6 Å². The molecule has 4 heterocycles. The maximum absolute atomic E-state index is 13.4. The van der Waals surface area contributed by atoms with Crippen molar-refractivity contribution in [1.82, 2.24) is 8.87 Å². The van der Waals surface area contributed by atoms with Crippen molar-refractivity contribution in [2.45, 2.75) is 30.7 Å². The fourth-order valence-corrected chi connectivity index (χ4v) is 7.19. The van der Waals surface area contributed by atoms with E-state index in [1.807, 2.05) is 28.1 Å².